The SMILES string of the molecule is COc1c(C(C)C)cc(C=O)cc1C(C)C.COc1cc2c(cc1OC)C(=Cc1cc(C(C)C)c(OC)c(C(C)C)c1)C(=O)N2. The summed E-state index contributed by atoms with van der Waals surface area (Å²) < 4.78 is 22.0. The molecule has 0 unspecified atom stereocenters. The maximum atomic E-state index is 12.7. The molecule has 1 amide bonds. The molecule has 0 bridgehead atoms. The average Bonchev–Trinajstić information content (AvgIpc) is 3.32. The largest absolute Gasteiger partial charge is 0.496 e. The quantitative estimate of drug-likeness (QED) is 0.181. The molecule has 0 atom stereocenters. The first kappa shape index (κ1) is 35.2. The van der Waals surface area contributed by atoms with Crippen LogP contribution in [0.4, 0.5) is 5.69 Å². The molecule has 0 saturated heterocycles. The third-order valence-corrected chi connectivity index (χ3v) is 7.99. The minimum Gasteiger partial charge on any atom is -0.496 e. The number of nitrogens with one attached hydrogen (secondary N) is 1. The highest BCUT2D eigenvalue weighted by molar-refractivity contribution is 6.35. The number of carbonyl (C=O) groups excluding carboxylic acids is 2. The van der Waals surface area contributed by atoms with Crippen molar-refractivity contribution in [3.63, 3.8) is 0 Å². The molecule has 7 heteroatoms. The van der Waals surface area contributed by atoms with Gasteiger partial charge in [0.1, 0.15) is 17.8 Å². The first-order valence-corrected chi connectivity index (χ1v) is 15.5. The second-order valence-electron chi connectivity index (χ2n) is 12.5. The van der Waals surface area contributed by atoms with Crippen LogP contribution in [0.15, 0.2) is 36.4 Å². The van der Waals surface area contributed by atoms with E-state index in [0.29, 0.717) is 40.7 Å². The van der Waals surface area contributed by atoms with Gasteiger partial charge in [0.15, 0.2) is 11.5 Å². The highest BCUT2D eigenvalue weighted by atomic mass is 16.5. The van der Waals surface area contributed by atoms with Crippen LogP contribution in [0.2, 0.25) is 0 Å². The molecular weight excluding hydrogens is 566 g/mol. The molecule has 0 aliphatic carbocycles. The molecule has 242 valence electrons. The number of anilines is 1. The van der Waals surface area contributed by atoms with Gasteiger partial charge >= 0.3 is 0 Å². The maximum absolute atomic E-state index is 12.7. The van der Waals surface area contributed by atoms with E-state index in [2.05, 4.69) is 72.8 Å². The third kappa shape index (κ3) is 7.70. The molecule has 3 aromatic carbocycles. The van der Waals surface area contributed by atoms with Gasteiger partial charge < -0.3 is 24.3 Å². The molecule has 0 fully saturated rings. The molecular formula is C38H49NO6. The number of carbonyl (C=O) groups is 2. The van der Waals surface area contributed by atoms with Crippen LogP contribution in [0, 0.1) is 0 Å². The second kappa shape index (κ2) is 15.2. The van der Waals surface area contributed by atoms with E-state index >= 15 is 0 Å². The molecule has 1 heterocycles. The van der Waals surface area contributed by atoms with Gasteiger partial charge in [0.2, 0.25) is 0 Å². The average molecular weight is 616 g/mol. The number of methoxy groups -OCH3 is 4. The minimum absolute atomic E-state index is 0.136. The lowest BCUT2D eigenvalue weighted by atomic mass is 9.90. The Morgan fingerprint density at radius 3 is 1.33 bits per heavy atom. The van der Waals surface area contributed by atoms with Crippen molar-refractivity contribution in [2.75, 3.05) is 33.8 Å². The summed E-state index contributed by atoms with van der Waals surface area (Å²) in [4.78, 5) is 23.6. The first-order chi connectivity index (χ1) is 21.3. The Labute approximate surface area is 268 Å². The molecule has 0 saturated carbocycles. The predicted molar refractivity (Wildman–Crippen MR) is 184 cm³/mol. The van der Waals surface area contributed by atoms with Crippen molar-refractivity contribution in [3.8, 4) is 23.0 Å². The fourth-order valence-corrected chi connectivity index (χ4v) is 5.56. The maximum Gasteiger partial charge on any atom is 0.256 e. The Morgan fingerprint density at radius 1 is 0.578 bits per heavy atom. The van der Waals surface area contributed by atoms with E-state index in [4.69, 9.17) is 18.9 Å². The molecule has 45 heavy (non-hydrogen) atoms. The van der Waals surface area contributed by atoms with Crippen molar-refractivity contribution in [1.82, 2.24) is 0 Å². The van der Waals surface area contributed by atoms with E-state index in [1.807, 2.05) is 24.3 Å². The number of amides is 1. The van der Waals surface area contributed by atoms with Crippen LogP contribution < -0.4 is 24.3 Å². The van der Waals surface area contributed by atoms with Gasteiger partial charge in [-0.3, -0.25) is 9.59 Å². The molecule has 0 aromatic heterocycles. The van der Waals surface area contributed by atoms with Gasteiger partial charge in [0.05, 0.1) is 34.1 Å². The number of rotatable bonds is 10. The molecule has 1 aliphatic heterocycles. The summed E-state index contributed by atoms with van der Waals surface area (Å²) in [7, 11) is 6.57. The third-order valence-electron chi connectivity index (χ3n) is 7.99. The van der Waals surface area contributed by atoms with Gasteiger partial charge in [0.25, 0.3) is 5.91 Å². The van der Waals surface area contributed by atoms with Gasteiger partial charge in [-0.2, -0.15) is 0 Å². The Bertz CT molecular complexity index is 1510. The van der Waals surface area contributed by atoms with E-state index in [0.717, 1.165) is 62.4 Å². The van der Waals surface area contributed by atoms with Crippen molar-refractivity contribution in [2.45, 2.75) is 79.1 Å². The molecule has 4 rings (SSSR count). The van der Waals surface area contributed by atoms with Crippen molar-refractivity contribution >= 4 is 29.5 Å². The number of fused-ring (bicyclic) bond motifs is 1. The summed E-state index contributed by atoms with van der Waals surface area (Å²) in [6.07, 6.45) is 2.83. The van der Waals surface area contributed by atoms with Gasteiger partial charge in [-0.05, 0) is 87.9 Å². The van der Waals surface area contributed by atoms with Crippen LogP contribution in [0.1, 0.15) is 123 Å². The van der Waals surface area contributed by atoms with Gasteiger partial charge in [-0.15, -0.1) is 0 Å². The van der Waals surface area contributed by atoms with E-state index in [9.17, 15) is 9.59 Å². The van der Waals surface area contributed by atoms with Crippen LogP contribution in [0.3, 0.4) is 0 Å². The molecule has 0 spiro atoms. The summed E-state index contributed by atoms with van der Waals surface area (Å²) in [6.45, 7) is 17.0. The summed E-state index contributed by atoms with van der Waals surface area (Å²) in [6, 6.07) is 11.7. The normalized spacial score (nSPS) is 13.2. The fourth-order valence-electron chi connectivity index (χ4n) is 5.56. The highest BCUT2D eigenvalue weighted by Gasteiger charge is 2.27. The number of benzene rings is 3. The molecule has 0 radical (unpaired) electrons. The lowest BCUT2D eigenvalue weighted by Crippen LogP contribution is -2.04. The zero-order valence-electron chi connectivity index (χ0n) is 28.9. The van der Waals surface area contributed by atoms with Gasteiger partial charge in [-0.1, -0.05) is 55.4 Å². The first-order valence-electron chi connectivity index (χ1n) is 15.5. The summed E-state index contributed by atoms with van der Waals surface area (Å²) in [5.41, 5.74) is 8.33. The molecule has 3 aromatic rings. The lowest BCUT2D eigenvalue weighted by Gasteiger charge is -2.19. The molecule has 1 aliphatic rings. The van der Waals surface area contributed by atoms with Crippen LogP contribution >= 0.6 is 0 Å². The standard InChI is InChI=1S/C24H29NO4.C14H20O2/c1-13(2)16-8-15(9-17(14(3)4)23(16)29-7)10-19-18-11-21(27-5)22(28-6)12-20(18)25-24(19)26;1-9(2)12-6-11(8-15)7-13(10(3)4)14(12)16-5/h8-14H,1-7H3,(H,25,26);6-10H,1-5H3. The minimum atomic E-state index is -0.136. The Balaban J connectivity index is 0.000000292. The van der Waals surface area contributed by atoms with Gasteiger partial charge in [-0.25, -0.2) is 0 Å². The van der Waals surface area contributed by atoms with E-state index in [-0.39, 0.29) is 5.91 Å². The number of aldehydes is 1. The van der Waals surface area contributed by atoms with Crippen LogP contribution in [-0.4, -0.2) is 40.6 Å². The fraction of sp³-hybridized carbons (Fsp3) is 0.421. The smallest absolute Gasteiger partial charge is 0.256 e. The number of hydrogen-bond donors (Lipinski definition) is 1. The molecule has 7 nitrogen and oxygen atoms in total. The van der Waals surface area contributed by atoms with Crippen molar-refractivity contribution in [1.29, 1.82) is 0 Å². The highest BCUT2D eigenvalue weighted by Crippen LogP contribution is 2.42. The van der Waals surface area contributed by atoms with Gasteiger partial charge in [0, 0.05) is 22.8 Å². The van der Waals surface area contributed by atoms with Crippen molar-refractivity contribution in [3.05, 3.63) is 75.3 Å². The number of hydrogen-bond acceptors (Lipinski definition) is 6. The zero-order chi connectivity index (χ0) is 33.6. The van der Waals surface area contributed by atoms with E-state index in [1.165, 1.54) is 0 Å². The van der Waals surface area contributed by atoms with E-state index in [1.54, 1.807) is 34.5 Å². The lowest BCUT2D eigenvalue weighted by molar-refractivity contribution is -0.110. The van der Waals surface area contributed by atoms with Crippen molar-refractivity contribution < 1.29 is 28.5 Å². The van der Waals surface area contributed by atoms with Crippen LogP contribution in [-0.2, 0) is 4.79 Å². The molecule has 1 N–H and O–H groups in total. The Hall–Kier alpha value is -4.26. The topological polar surface area (TPSA) is 83.1 Å². The summed E-state index contributed by atoms with van der Waals surface area (Å²) >= 11 is 0. The second-order valence-corrected chi connectivity index (χ2v) is 12.5. The summed E-state index contributed by atoms with van der Waals surface area (Å²) in [5.74, 6) is 4.21. The Morgan fingerprint density at radius 2 is 0.978 bits per heavy atom. The summed E-state index contributed by atoms with van der Waals surface area (Å²) in [5, 5.41) is 2.92. The Kier molecular flexibility index (Phi) is 11.9. The van der Waals surface area contributed by atoms with Crippen molar-refractivity contribution in [2.24, 2.45) is 0 Å². The van der Waals surface area contributed by atoms with E-state index < -0.39 is 0 Å². The predicted octanol–water partition coefficient (Wildman–Crippen LogP) is 9.21. The van der Waals surface area contributed by atoms with Crippen LogP contribution in [0.5, 0.6) is 23.0 Å². The monoisotopic (exact) mass is 615 g/mol. The number of ether oxygens (including phenoxy) is 4. The van der Waals surface area contributed by atoms with Crippen LogP contribution in [0.25, 0.3) is 11.6 Å². The zero-order valence-corrected chi connectivity index (χ0v) is 28.9.